The maximum Gasteiger partial charge on any atom is 0.242 e. The molecule has 0 aromatic heterocycles. The molecule has 2 amide bonds. The number of amidine groups is 1. The standard InChI is InChI=1S/C23H24FN3O3S/c1-15-4-2-5-18(12-15)26-23-27(14-19-6-3-11-30-19)22(29)20(31-23)13-21(28)25-17-9-7-16(24)8-10-17/h2,4-5,7-10,12,19-20H,3,6,11,13-14H2,1H3,(H,25,28). The van der Waals surface area contributed by atoms with E-state index in [0.717, 1.165) is 24.1 Å². The molecule has 8 heteroatoms. The Morgan fingerprint density at radius 2 is 2.10 bits per heavy atom. The summed E-state index contributed by atoms with van der Waals surface area (Å²) in [5.74, 6) is -0.811. The third-order valence-corrected chi connectivity index (χ3v) is 6.33. The van der Waals surface area contributed by atoms with Crippen LogP contribution < -0.4 is 5.32 Å². The number of aliphatic imine (C=N–C) groups is 1. The molecule has 2 heterocycles. The zero-order chi connectivity index (χ0) is 21.8. The fraction of sp³-hybridized carbons (Fsp3) is 0.348. The highest BCUT2D eigenvalue weighted by Gasteiger charge is 2.40. The first kappa shape index (κ1) is 21.5. The summed E-state index contributed by atoms with van der Waals surface area (Å²) in [6.45, 7) is 3.13. The molecule has 2 fully saturated rings. The van der Waals surface area contributed by atoms with E-state index >= 15 is 0 Å². The molecule has 162 valence electrons. The number of carbonyl (C=O) groups is 2. The molecule has 0 spiro atoms. The van der Waals surface area contributed by atoms with Gasteiger partial charge < -0.3 is 10.1 Å². The van der Waals surface area contributed by atoms with Gasteiger partial charge in [-0.2, -0.15) is 0 Å². The molecule has 0 radical (unpaired) electrons. The third kappa shape index (κ3) is 5.51. The molecule has 0 saturated carbocycles. The summed E-state index contributed by atoms with van der Waals surface area (Å²) in [4.78, 5) is 32.0. The Labute approximate surface area is 184 Å². The van der Waals surface area contributed by atoms with Crippen molar-refractivity contribution in [3.63, 3.8) is 0 Å². The number of hydrogen-bond acceptors (Lipinski definition) is 5. The fourth-order valence-corrected chi connectivity index (χ4v) is 4.77. The van der Waals surface area contributed by atoms with Crippen molar-refractivity contribution >= 4 is 40.1 Å². The van der Waals surface area contributed by atoms with E-state index in [1.807, 2.05) is 31.2 Å². The maximum absolute atomic E-state index is 13.1. The lowest BCUT2D eigenvalue weighted by molar-refractivity contribution is -0.129. The number of thioether (sulfide) groups is 1. The number of anilines is 1. The molecule has 4 rings (SSSR count). The van der Waals surface area contributed by atoms with Gasteiger partial charge in [0.05, 0.1) is 18.3 Å². The molecule has 2 aliphatic rings. The molecule has 6 nitrogen and oxygen atoms in total. The van der Waals surface area contributed by atoms with E-state index in [1.165, 1.54) is 36.0 Å². The zero-order valence-electron chi connectivity index (χ0n) is 17.2. The molecule has 1 N–H and O–H groups in total. The van der Waals surface area contributed by atoms with Gasteiger partial charge >= 0.3 is 0 Å². The van der Waals surface area contributed by atoms with Crippen molar-refractivity contribution in [2.45, 2.75) is 37.5 Å². The number of rotatable bonds is 6. The average molecular weight is 442 g/mol. The van der Waals surface area contributed by atoms with Crippen LogP contribution in [0.4, 0.5) is 15.8 Å². The SMILES string of the molecule is Cc1cccc(N=C2SC(CC(=O)Nc3ccc(F)cc3)C(=O)N2CC2CCCO2)c1. The Hall–Kier alpha value is -2.71. The predicted octanol–water partition coefficient (Wildman–Crippen LogP) is 4.27. The van der Waals surface area contributed by atoms with Crippen molar-refractivity contribution in [3.8, 4) is 0 Å². The van der Waals surface area contributed by atoms with Crippen LogP contribution >= 0.6 is 11.8 Å². The normalized spacial score (nSPS) is 22.3. The number of carbonyl (C=O) groups excluding carboxylic acids is 2. The first-order valence-corrected chi connectivity index (χ1v) is 11.2. The largest absolute Gasteiger partial charge is 0.376 e. The highest BCUT2D eigenvalue weighted by atomic mass is 32.2. The third-order valence-electron chi connectivity index (χ3n) is 5.16. The summed E-state index contributed by atoms with van der Waals surface area (Å²) in [6.07, 6.45) is 1.88. The molecule has 0 aliphatic carbocycles. The van der Waals surface area contributed by atoms with Crippen LogP contribution in [-0.2, 0) is 14.3 Å². The van der Waals surface area contributed by atoms with Crippen LogP contribution in [0, 0.1) is 12.7 Å². The lowest BCUT2D eigenvalue weighted by Gasteiger charge is -2.20. The Balaban J connectivity index is 1.49. The number of ether oxygens (including phenoxy) is 1. The second kappa shape index (κ2) is 9.62. The van der Waals surface area contributed by atoms with Gasteiger partial charge in [0.15, 0.2) is 5.17 Å². The van der Waals surface area contributed by atoms with E-state index in [1.54, 1.807) is 4.90 Å². The highest BCUT2D eigenvalue weighted by Crippen LogP contribution is 2.33. The summed E-state index contributed by atoms with van der Waals surface area (Å²) in [5.41, 5.74) is 2.34. The number of hydrogen-bond donors (Lipinski definition) is 1. The summed E-state index contributed by atoms with van der Waals surface area (Å²) in [7, 11) is 0. The average Bonchev–Trinajstić information content (AvgIpc) is 3.34. The maximum atomic E-state index is 13.1. The minimum atomic E-state index is -0.564. The fourth-order valence-electron chi connectivity index (χ4n) is 3.61. The van der Waals surface area contributed by atoms with Crippen LogP contribution in [0.15, 0.2) is 53.5 Å². The molecular formula is C23H24FN3O3S. The van der Waals surface area contributed by atoms with Gasteiger partial charge in [-0.1, -0.05) is 23.9 Å². The van der Waals surface area contributed by atoms with E-state index in [9.17, 15) is 14.0 Å². The van der Waals surface area contributed by atoms with E-state index < -0.39 is 5.25 Å². The van der Waals surface area contributed by atoms with Crippen molar-refractivity contribution in [1.82, 2.24) is 4.90 Å². The van der Waals surface area contributed by atoms with Crippen LogP contribution in [0.3, 0.4) is 0 Å². The monoisotopic (exact) mass is 441 g/mol. The Morgan fingerprint density at radius 3 is 2.81 bits per heavy atom. The number of halogens is 1. The van der Waals surface area contributed by atoms with Crippen molar-refractivity contribution in [1.29, 1.82) is 0 Å². The van der Waals surface area contributed by atoms with E-state index in [0.29, 0.717) is 24.0 Å². The molecule has 2 aliphatic heterocycles. The molecule has 31 heavy (non-hydrogen) atoms. The molecule has 2 unspecified atom stereocenters. The minimum absolute atomic E-state index is 0.00966. The quantitative estimate of drug-likeness (QED) is 0.727. The number of aryl methyl sites for hydroxylation is 1. The van der Waals surface area contributed by atoms with Crippen molar-refractivity contribution in [2.24, 2.45) is 4.99 Å². The summed E-state index contributed by atoms with van der Waals surface area (Å²) in [6, 6.07) is 13.3. The van der Waals surface area contributed by atoms with Crippen LogP contribution in [-0.4, -0.2) is 46.4 Å². The van der Waals surface area contributed by atoms with Crippen molar-refractivity contribution in [2.75, 3.05) is 18.5 Å². The first-order chi connectivity index (χ1) is 15.0. The van der Waals surface area contributed by atoms with Gasteiger partial charge in [-0.15, -0.1) is 0 Å². The van der Waals surface area contributed by atoms with Gasteiger partial charge in [0.2, 0.25) is 11.8 Å². The number of benzene rings is 2. The molecule has 0 bridgehead atoms. The van der Waals surface area contributed by atoms with Crippen LogP contribution in [0.1, 0.15) is 24.8 Å². The second-order valence-corrected chi connectivity index (χ2v) is 8.85. The van der Waals surface area contributed by atoms with E-state index in [-0.39, 0.29) is 30.2 Å². The zero-order valence-corrected chi connectivity index (χ0v) is 18.0. The predicted molar refractivity (Wildman–Crippen MR) is 120 cm³/mol. The van der Waals surface area contributed by atoms with Gasteiger partial charge in [0.1, 0.15) is 11.1 Å². The van der Waals surface area contributed by atoms with Crippen molar-refractivity contribution in [3.05, 3.63) is 59.9 Å². The number of amides is 2. The van der Waals surface area contributed by atoms with Crippen LogP contribution in [0.2, 0.25) is 0 Å². The minimum Gasteiger partial charge on any atom is -0.376 e. The number of nitrogens with zero attached hydrogens (tertiary/aromatic N) is 2. The Morgan fingerprint density at radius 1 is 1.29 bits per heavy atom. The summed E-state index contributed by atoms with van der Waals surface area (Å²) < 4.78 is 18.8. The van der Waals surface area contributed by atoms with Crippen molar-refractivity contribution < 1.29 is 18.7 Å². The van der Waals surface area contributed by atoms with Crippen LogP contribution in [0.5, 0.6) is 0 Å². The molecule has 2 aromatic rings. The highest BCUT2D eigenvalue weighted by molar-refractivity contribution is 8.15. The van der Waals surface area contributed by atoms with Gasteiger partial charge in [-0.25, -0.2) is 9.38 Å². The van der Waals surface area contributed by atoms with Gasteiger partial charge in [0, 0.05) is 18.7 Å². The van der Waals surface area contributed by atoms with Gasteiger partial charge in [-0.3, -0.25) is 14.5 Å². The van der Waals surface area contributed by atoms with E-state index in [4.69, 9.17) is 9.73 Å². The molecule has 2 atom stereocenters. The van der Waals surface area contributed by atoms with Gasteiger partial charge in [-0.05, 0) is 61.7 Å². The summed E-state index contributed by atoms with van der Waals surface area (Å²) in [5, 5.41) is 2.75. The molecule has 2 aromatic carbocycles. The molecule has 2 saturated heterocycles. The Bertz CT molecular complexity index is 990. The van der Waals surface area contributed by atoms with E-state index in [2.05, 4.69) is 5.32 Å². The topological polar surface area (TPSA) is 71.0 Å². The first-order valence-electron chi connectivity index (χ1n) is 10.3. The summed E-state index contributed by atoms with van der Waals surface area (Å²) >= 11 is 1.30. The number of nitrogens with one attached hydrogen (secondary N) is 1. The Kier molecular flexibility index (Phi) is 6.67. The smallest absolute Gasteiger partial charge is 0.242 e. The molecular weight excluding hydrogens is 417 g/mol. The lowest BCUT2D eigenvalue weighted by atomic mass is 10.2. The second-order valence-electron chi connectivity index (χ2n) is 7.68. The van der Waals surface area contributed by atoms with Gasteiger partial charge in [0.25, 0.3) is 0 Å². The lowest BCUT2D eigenvalue weighted by Crippen LogP contribution is -2.38. The van der Waals surface area contributed by atoms with Crippen LogP contribution in [0.25, 0.3) is 0 Å².